The van der Waals surface area contributed by atoms with E-state index in [0.717, 1.165) is 44.0 Å². The molecule has 1 saturated heterocycles. The minimum atomic E-state index is -0.919. The first-order valence-electron chi connectivity index (χ1n) is 7.19. The first kappa shape index (κ1) is 15.5. The number of guanidine groups is 1. The van der Waals surface area contributed by atoms with Crippen LogP contribution in [0, 0.1) is 17.6 Å². The van der Waals surface area contributed by atoms with E-state index in [1.54, 1.807) is 0 Å². The summed E-state index contributed by atoms with van der Waals surface area (Å²) in [5, 5.41) is 0. The minimum Gasteiger partial charge on any atom is -0.492 e. The molecule has 2 rings (SSSR count). The lowest BCUT2D eigenvalue weighted by Crippen LogP contribution is -2.42. The molecule has 4 nitrogen and oxygen atoms in total. The molecule has 1 fully saturated rings. The number of hydrogen-bond acceptors (Lipinski definition) is 2. The van der Waals surface area contributed by atoms with Gasteiger partial charge in [0.25, 0.3) is 0 Å². The maximum absolute atomic E-state index is 13.0. The van der Waals surface area contributed by atoms with Gasteiger partial charge in [-0.15, -0.1) is 0 Å². The lowest BCUT2D eigenvalue weighted by molar-refractivity contribution is 0.276. The van der Waals surface area contributed by atoms with Crippen molar-refractivity contribution in [1.29, 1.82) is 0 Å². The second-order valence-electron chi connectivity index (χ2n) is 5.33. The van der Waals surface area contributed by atoms with Crippen LogP contribution in [0.1, 0.15) is 19.8 Å². The maximum Gasteiger partial charge on any atom is 0.191 e. The molecule has 2 N–H and O–H groups in total. The Morgan fingerprint density at radius 2 is 2.05 bits per heavy atom. The Morgan fingerprint density at radius 3 is 2.71 bits per heavy atom. The average molecular weight is 297 g/mol. The molecule has 0 radical (unpaired) electrons. The van der Waals surface area contributed by atoms with Crippen molar-refractivity contribution in [3.05, 3.63) is 29.8 Å². The highest BCUT2D eigenvalue weighted by molar-refractivity contribution is 5.78. The van der Waals surface area contributed by atoms with Crippen LogP contribution in [-0.2, 0) is 0 Å². The minimum absolute atomic E-state index is 0.274. The fourth-order valence-electron chi connectivity index (χ4n) is 2.23. The number of hydrogen-bond donors (Lipinski definition) is 1. The summed E-state index contributed by atoms with van der Waals surface area (Å²) in [4.78, 5) is 6.32. The summed E-state index contributed by atoms with van der Waals surface area (Å²) in [6, 6.07) is 3.45. The smallest absolute Gasteiger partial charge is 0.191 e. The van der Waals surface area contributed by atoms with Gasteiger partial charge in [0.2, 0.25) is 0 Å². The molecular formula is C15H21F2N3O. The Hall–Kier alpha value is -1.85. The summed E-state index contributed by atoms with van der Waals surface area (Å²) in [6.45, 7) is 4.76. The standard InChI is InChI=1S/C15H21F2N3O/c1-11-4-7-20(8-5-11)15(18)19-6-9-21-12-2-3-13(16)14(17)10-12/h2-3,10-11H,4-9H2,1H3,(H2,18,19). The quantitative estimate of drug-likeness (QED) is 0.527. The van der Waals surface area contributed by atoms with Crippen LogP contribution < -0.4 is 10.5 Å². The Balaban J connectivity index is 1.75. The van der Waals surface area contributed by atoms with Crippen molar-refractivity contribution in [2.24, 2.45) is 16.6 Å². The molecule has 0 saturated carbocycles. The fraction of sp³-hybridized carbons (Fsp3) is 0.533. The number of halogens is 2. The van der Waals surface area contributed by atoms with E-state index in [-0.39, 0.29) is 12.4 Å². The molecule has 0 amide bonds. The monoisotopic (exact) mass is 297 g/mol. The van der Waals surface area contributed by atoms with E-state index in [0.29, 0.717) is 12.5 Å². The zero-order valence-corrected chi connectivity index (χ0v) is 12.2. The Labute approximate surface area is 123 Å². The third kappa shape index (κ3) is 4.58. The van der Waals surface area contributed by atoms with E-state index >= 15 is 0 Å². The molecule has 116 valence electrons. The number of aliphatic imine (C=N–C) groups is 1. The SMILES string of the molecule is CC1CCN(C(N)=NCCOc2ccc(F)c(F)c2)CC1. The van der Waals surface area contributed by atoms with Gasteiger partial charge < -0.3 is 15.4 Å². The van der Waals surface area contributed by atoms with Crippen molar-refractivity contribution < 1.29 is 13.5 Å². The van der Waals surface area contributed by atoms with Gasteiger partial charge in [0.1, 0.15) is 12.4 Å². The molecule has 0 aromatic heterocycles. The molecule has 0 bridgehead atoms. The normalized spacial score (nSPS) is 17.1. The van der Waals surface area contributed by atoms with E-state index in [9.17, 15) is 8.78 Å². The molecule has 6 heteroatoms. The lowest BCUT2D eigenvalue weighted by Gasteiger charge is -2.31. The lowest BCUT2D eigenvalue weighted by atomic mass is 10.00. The Kier molecular flexibility index (Phi) is 5.36. The van der Waals surface area contributed by atoms with E-state index < -0.39 is 11.6 Å². The number of ether oxygens (including phenoxy) is 1. The molecule has 1 aliphatic heterocycles. The number of piperidine rings is 1. The molecule has 0 unspecified atom stereocenters. The zero-order valence-electron chi connectivity index (χ0n) is 12.2. The van der Waals surface area contributed by atoms with E-state index in [1.807, 2.05) is 0 Å². The highest BCUT2D eigenvalue weighted by Crippen LogP contribution is 2.16. The van der Waals surface area contributed by atoms with Gasteiger partial charge in [-0.2, -0.15) is 0 Å². The summed E-state index contributed by atoms with van der Waals surface area (Å²) >= 11 is 0. The summed E-state index contributed by atoms with van der Waals surface area (Å²) in [7, 11) is 0. The number of likely N-dealkylation sites (tertiary alicyclic amines) is 1. The van der Waals surface area contributed by atoms with Crippen molar-refractivity contribution in [3.63, 3.8) is 0 Å². The first-order chi connectivity index (χ1) is 10.1. The maximum atomic E-state index is 13.0. The number of rotatable bonds is 4. The van der Waals surface area contributed by atoms with Crippen LogP contribution in [0.4, 0.5) is 8.78 Å². The van der Waals surface area contributed by atoms with Crippen LogP contribution >= 0.6 is 0 Å². The topological polar surface area (TPSA) is 50.8 Å². The van der Waals surface area contributed by atoms with E-state index in [2.05, 4.69) is 16.8 Å². The Morgan fingerprint density at radius 1 is 1.33 bits per heavy atom. The predicted molar refractivity (Wildman–Crippen MR) is 78.3 cm³/mol. The summed E-state index contributed by atoms with van der Waals surface area (Å²) in [5.74, 6) is -0.252. The number of nitrogens with zero attached hydrogens (tertiary/aromatic N) is 2. The summed E-state index contributed by atoms with van der Waals surface area (Å²) in [5.41, 5.74) is 5.93. The zero-order chi connectivity index (χ0) is 15.2. The molecule has 21 heavy (non-hydrogen) atoms. The third-order valence-corrected chi connectivity index (χ3v) is 3.63. The number of benzene rings is 1. The third-order valence-electron chi connectivity index (χ3n) is 3.63. The van der Waals surface area contributed by atoms with Crippen molar-refractivity contribution in [3.8, 4) is 5.75 Å². The Bertz CT molecular complexity index is 500. The van der Waals surface area contributed by atoms with Crippen molar-refractivity contribution in [2.75, 3.05) is 26.2 Å². The van der Waals surface area contributed by atoms with Gasteiger partial charge in [0.15, 0.2) is 17.6 Å². The highest BCUT2D eigenvalue weighted by Gasteiger charge is 2.16. The van der Waals surface area contributed by atoms with Crippen molar-refractivity contribution >= 4 is 5.96 Å². The largest absolute Gasteiger partial charge is 0.492 e. The first-order valence-corrected chi connectivity index (χ1v) is 7.19. The molecular weight excluding hydrogens is 276 g/mol. The molecule has 0 atom stereocenters. The summed E-state index contributed by atoms with van der Waals surface area (Å²) in [6.07, 6.45) is 2.25. The van der Waals surface area contributed by atoms with Crippen molar-refractivity contribution in [2.45, 2.75) is 19.8 Å². The van der Waals surface area contributed by atoms with Gasteiger partial charge in [-0.1, -0.05) is 6.92 Å². The van der Waals surface area contributed by atoms with Gasteiger partial charge >= 0.3 is 0 Å². The van der Waals surface area contributed by atoms with Crippen LogP contribution in [0.2, 0.25) is 0 Å². The van der Waals surface area contributed by atoms with Gasteiger partial charge in [-0.25, -0.2) is 13.8 Å². The molecule has 1 heterocycles. The fourth-order valence-corrected chi connectivity index (χ4v) is 2.23. The summed E-state index contributed by atoms with van der Waals surface area (Å²) < 4.78 is 31.0. The van der Waals surface area contributed by atoms with Crippen LogP contribution in [0.15, 0.2) is 23.2 Å². The van der Waals surface area contributed by atoms with Crippen molar-refractivity contribution in [1.82, 2.24) is 4.90 Å². The predicted octanol–water partition coefficient (Wildman–Crippen LogP) is 2.39. The van der Waals surface area contributed by atoms with E-state index in [4.69, 9.17) is 10.5 Å². The van der Waals surface area contributed by atoms with Crippen LogP contribution in [0.5, 0.6) is 5.75 Å². The van der Waals surface area contributed by atoms with Crippen LogP contribution in [0.3, 0.4) is 0 Å². The van der Waals surface area contributed by atoms with Gasteiger partial charge in [-0.05, 0) is 30.9 Å². The molecule has 0 spiro atoms. The highest BCUT2D eigenvalue weighted by atomic mass is 19.2. The van der Waals surface area contributed by atoms with Crippen LogP contribution in [-0.4, -0.2) is 37.1 Å². The van der Waals surface area contributed by atoms with Gasteiger partial charge in [0.05, 0.1) is 6.54 Å². The molecule has 1 aromatic rings. The van der Waals surface area contributed by atoms with Gasteiger partial charge in [0, 0.05) is 19.2 Å². The van der Waals surface area contributed by atoms with Gasteiger partial charge in [-0.3, -0.25) is 0 Å². The number of nitrogens with two attached hydrogens (primary N) is 1. The second-order valence-corrected chi connectivity index (χ2v) is 5.33. The average Bonchev–Trinajstić information content (AvgIpc) is 2.47. The van der Waals surface area contributed by atoms with Crippen LogP contribution in [0.25, 0.3) is 0 Å². The van der Waals surface area contributed by atoms with E-state index in [1.165, 1.54) is 6.07 Å². The molecule has 1 aliphatic rings. The molecule has 1 aromatic carbocycles. The second kappa shape index (κ2) is 7.24. The molecule has 0 aliphatic carbocycles.